The molecule has 1 aliphatic rings. The van der Waals surface area contributed by atoms with Crippen LogP contribution in [0.4, 0.5) is 4.39 Å². The van der Waals surface area contributed by atoms with Crippen LogP contribution in [0.5, 0.6) is 5.75 Å². The molecule has 0 bridgehead atoms. The summed E-state index contributed by atoms with van der Waals surface area (Å²) in [5.74, 6) is 0.215. The highest BCUT2D eigenvalue weighted by molar-refractivity contribution is 6.30. The van der Waals surface area contributed by atoms with Gasteiger partial charge in [0.1, 0.15) is 17.7 Å². The van der Waals surface area contributed by atoms with Gasteiger partial charge >= 0.3 is 0 Å². The van der Waals surface area contributed by atoms with E-state index in [0.29, 0.717) is 17.2 Å². The van der Waals surface area contributed by atoms with Crippen LogP contribution in [-0.4, -0.2) is 0 Å². The normalized spacial score (nSPS) is 21.2. The highest BCUT2D eigenvalue weighted by Gasteiger charge is 2.28. The minimum atomic E-state index is -0.315. The second kappa shape index (κ2) is 5.08. The van der Waals surface area contributed by atoms with Crippen LogP contribution in [0.3, 0.4) is 0 Å². The Morgan fingerprint density at radius 2 is 1.95 bits per heavy atom. The van der Waals surface area contributed by atoms with Gasteiger partial charge in [-0.3, -0.25) is 0 Å². The van der Waals surface area contributed by atoms with Gasteiger partial charge in [0.05, 0.1) is 0 Å². The third-order valence-corrected chi connectivity index (χ3v) is 3.93. The summed E-state index contributed by atoms with van der Waals surface area (Å²) in [5, 5.41) is 0.692. The largest absolute Gasteiger partial charge is 0.485 e. The Balaban J connectivity index is 1.98. The van der Waals surface area contributed by atoms with Gasteiger partial charge in [-0.15, -0.1) is 0 Å². The molecule has 4 heteroatoms. The van der Waals surface area contributed by atoms with Crippen LogP contribution in [-0.2, 0) is 0 Å². The number of hydrogen-bond acceptors (Lipinski definition) is 2. The van der Waals surface area contributed by atoms with E-state index in [9.17, 15) is 4.39 Å². The fourth-order valence-electron chi connectivity index (χ4n) is 2.67. The predicted molar refractivity (Wildman–Crippen MR) is 77.5 cm³/mol. The second-order valence-electron chi connectivity index (χ2n) is 5.13. The van der Waals surface area contributed by atoms with Gasteiger partial charge in [0.25, 0.3) is 0 Å². The van der Waals surface area contributed by atoms with E-state index < -0.39 is 0 Å². The number of benzene rings is 2. The lowest BCUT2D eigenvalue weighted by Crippen LogP contribution is -2.24. The van der Waals surface area contributed by atoms with Gasteiger partial charge in [0, 0.05) is 29.1 Å². The molecule has 2 aromatic carbocycles. The molecule has 104 valence electrons. The molecule has 2 N–H and O–H groups in total. The second-order valence-corrected chi connectivity index (χ2v) is 5.57. The van der Waals surface area contributed by atoms with E-state index in [2.05, 4.69) is 0 Å². The van der Waals surface area contributed by atoms with E-state index >= 15 is 0 Å². The van der Waals surface area contributed by atoms with Gasteiger partial charge in [0.2, 0.25) is 0 Å². The maximum absolute atomic E-state index is 13.3. The van der Waals surface area contributed by atoms with Crippen LogP contribution < -0.4 is 10.5 Å². The molecule has 2 atom stereocenters. The molecule has 1 heterocycles. The Labute approximate surface area is 122 Å². The number of rotatable bonds is 1. The minimum Gasteiger partial charge on any atom is -0.485 e. The van der Waals surface area contributed by atoms with Gasteiger partial charge in [-0.25, -0.2) is 4.39 Å². The highest BCUT2D eigenvalue weighted by Crippen LogP contribution is 2.40. The average molecular weight is 292 g/mol. The molecule has 0 saturated heterocycles. The molecule has 3 rings (SSSR count). The summed E-state index contributed by atoms with van der Waals surface area (Å²) in [6, 6.07) is 10.0. The zero-order valence-corrected chi connectivity index (χ0v) is 11.8. The monoisotopic (exact) mass is 291 g/mol. The summed E-state index contributed by atoms with van der Waals surface area (Å²) >= 11 is 5.97. The molecule has 0 radical (unpaired) electrons. The van der Waals surface area contributed by atoms with Gasteiger partial charge in [-0.1, -0.05) is 23.7 Å². The summed E-state index contributed by atoms with van der Waals surface area (Å²) in [6.07, 6.45) is 0.498. The minimum absolute atomic E-state index is 0.153. The van der Waals surface area contributed by atoms with Crippen molar-refractivity contribution in [2.75, 3.05) is 0 Å². The van der Waals surface area contributed by atoms with Crippen molar-refractivity contribution in [2.24, 2.45) is 5.73 Å². The molecule has 0 aromatic heterocycles. The van der Waals surface area contributed by atoms with Crippen LogP contribution in [0.2, 0.25) is 5.02 Å². The SMILES string of the molecule is Cc1cc(Cl)ccc1C1C[C@H](N)c2ccc(F)cc2O1. The third kappa shape index (κ3) is 2.39. The number of fused-ring (bicyclic) bond motifs is 1. The fourth-order valence-corrected chi connectivity index (χ4v) is 2.89. The molecule has 0 aliphatic carbocycles. The summed E-state index contributed by atoms with van der Waals surface area (Å²) in [7, 11) is 0. The molecule has 1 unspecified atom stereocenters. The van der Waals surface area contributed by atoms with Crippen molar-refractivity contribution >= 4 is 11.6 Å². The summed E-state index contributed by atoms with van der Waals surface area (Å²) < 4.78 is 19.3. The lowest BCUT2D eigenvalue weighted by atomic mass is 9.92. The summed E-state index contributed by atoms with van der Waals surface area (Å²) in [4.78, 5) is 0. The van der Waals surface area contributed by atoms with E-state index in [1.165, 1.54) is 12.1 Å². The lowest BCUT2D eigenvalue weighted by molar-refractivity contribution is 0.160. The quantitative estimate of drug-likeness (QED) is 0.849. The van der Waals surface area contributed by atoms with Crippen LogP contribution >= 0.6 is 11.6 Å². The van der Waals surface area contributed by atoms with Crippen molar-refractivity contribution in [3.63, 3.8) is 0 Å². The first-order valence-electron chi connectivity index (χ1n) is 6.52. The smallest absolute Gasteiger partial charge is 0.127 e. The Bertz CT molecular complexity index is 659. The maximum atomic E-state index is 13.3. The van der Waals surface area contributed by atoms with Gasteiger partial charge < -0.3 is 10.5 Å². The van der Waals surface area contributed by atoms with Crippen molar-refractivity contribution in [3.05, 3.63) is 63.9 Å². The molecule has 2 aromatic rings. The lowest BCUT2D eigenvalue weighted by Gasteiger charge is -2.31. The third-order valence-electron chi connectivity index (χ3n) is 3.69. The summed E-state index contributed by atoms with van der Waals surface area (Å²) in [5.41, 5.74) is 9.12. The predicted octanol–water partition coefficient (Wildman–Crippen LogP) is 4.31. The van der Waals surface area contributed by atoms with Crippen LogP contribution in [0, 0.1) is 12.7 Å². The van der Waals surface area contributed by atoms with Crippen LogP contribution in [0.15, 0.2) is 36.4 Å². The van der Waals surface area contributed by atoms with Crippen molar-refractivity contribution in [1.29, 1.82) is 0 Å². The van der Waals surface area contributed by atoms with Gasteiger partial charge in [0.15, 0.2) is 0 Å². The van der Waals surface area contributed by atoms with E-state index in [4.69, 9.17) is 22.1 Å². The highest BCUT2D eigenvalue weighted by atomic mass is 35.5. The Morgan fingerprint density at radius 1 is 1.20 bits per heavy atom. The molecular formula is C16H15ClFNO. The van der Waals surface area contributed by atoms with Crippen molar-refractivity contribution < 1.29 is 9.13 Å². The van der Waals surface area contributed by atoms with E-state index in [0.717, 1.165) is 16.7 Å². The first-order chi connectivity index (χ1) is 9.54. The standard InChI is InChI=1S/C16H15ClFNO/c1-9-6-10(17)2-4-12(9)16-8-14(19)13-5-3-11(18)7-15(13)20-16/h2-7,14,16H,8,19H2,1H3/t14-,16?/m0/s1. The first kappa shape index (κ1) is 13.4. The molecule has 0 spiro atoms. The van der Waals surface area contributed by atoms with Crippen molar-refractivity contribution in [3.8, 4) is 5.75 Å². The number of nitrogens with two attached hydrogens (primary N) is 1. The van der Waals surface area contributed by atoms with E-state index in [1.54, 1.807) is 6.07 Å². The Morgan fingerprint density at radius 3 is 2.70 bits per heavy atom. The number of ether oxygens (including phenoxy) is 1. The van der Waals surface area contributed by atoms with Gasteiger partial charge in [-0.2, -0.15) is 0 Å². The summed E-state index contributed by atoms with van der Waals surface area (Å²) in [6.45, 7) is 1.98. The molecule has 0 amide bonds. The number of aryl methyl sites for hydroxylation is 1. The molecule has 0 saturated carbocycles. The van der Waals surface area contributed by atoms with E-state index in [-0.39, 0.29) is 18.0 Å². The average Bonchev–Trinajstić information content (AvgIpc) is 2.37. The van der Waals surface area contributed by atoms with Crippen LogP contribution in [0.25, 0.3) is 0 Å². The molecular weight excluding hydrogens is 277 g/mol. The van der Waals surface area contributed by atoms with Crippen LogP contribution in [0.1, 0.15) is 35.3 Å². The number of halogens is 2. The fraction of sp³-hybridized carbons (Fsp3) is 0.250. The Hall–Kier alpha value is -1.58. The molecule has 20 heavy (non-hydrogen) atoms. The maximum Gasteiger partial charge on any atom is 0.127 e. The van der Waals surface area contributed by atoms with Crippen molar-refractivity contribution in [2.45, 2.75) is 25.5 Å². The topological polar surface area (TPSA) is 35.2 Å². The zero-order valence-electron chi connectivity index (χ0n) is 11.1. The zero-order chi connectivity index (χ0) is 14.3. The van der Waals surface area contributed by atoms with E-state index in [1.807, 2.05) is 25.1 Å². The molecule has 1 aliphatic heterocycles. The Kier molecular flexibility index (Phi) is 3.40. The molecule has 2 nitrogen and oxygen atoms in total. The molecule has 0 fully saturated rings. The number of hydrogen-bond donors (Lipinski definition) is 1. The van der Waals surface area contributed by atoms with Crippen molar-refractivity contribution in [1.82, 2.24) is 0 Å². The first-order valence-corrected chi connectivity index (χ1v) is 6.90. The van der Waals surface area contributed by atoms with Gasteiger partial charge in [-0.05, 0) is 36.2 Å².